The number of sulfone groups is 1. The van der Waals surface area contributed by atoms with Crippen molar-refractivity contribution in [3.05, 3.63) is 0 Å². The van der Waals surface area contributed by atoms with Gasteiger partial charge >= 0.3 is 0 Å². The van der Waals surface area contributed by atoms with Gasteiger partial charge in [-0.25, -0.2) is 8.42 Å². The molecule has 0 aromatic carbocycles. The highest BCUT2D eigenvalue weighted by Crippen LogP contribution is 2.20. The summed E-state index contributed by atoms with van der Waals surface area (Å²) in [5, 5.41) is 0. The number of carbonyl (C=O) groups excluding carboxylic acids is 1. The van der Waals surface area contributed by atoms with E-state index in [0.717, 1.165) is 12.8 Å². The minimum absolute atomic E-state index is 0.00644. The first-order valence-electron chi connectivity index (χ1n) is 6.62. The number of nitrogens with zero attached hydrogens (tertiary/aromatic N) is 1. The number of carbonyl (C=O) groups is 1. The third-order valence-corrected chi connectivity index (χ3v) is 5.21. The zero-order valence-corrected chi connectivity index (χ0v) is 12.1. The Morgan fingerprint density at radius 3 is 2.61 bits per heavy atom. The van der Waals surface area contributed by atoms with Gasteiger partial charge in [-0.2, -0.15) is 0 Å². The SMILES string of the molecule is CCCCN(C(=O)C(C)CN)C1CCS(=O)(=O)C1. The lowest BCUT2D eigenvalue weighted by Gasteiger charge is -2.30. The van der Waals surface area contributed by atoms with Crippen molar-refractivity contribution in [1.29, 1.82) is 0 Å². The molecule has 2 unspecified atom stereocenters. The summed E-state index contributed by atoms with van der Waals surface area (Å²) in [5.41, 5.74) is 5.53. The number of hydrogen-bond acceptors (Lipinski definition) is 4. The highest BCUT2D eigenvalue weighted by molar-refractivity contribution is 7.91. The van der Waals surface area contributed by atoms with Gasteiger partial charge in [-0.1, -0.05) is 20.3 Å². The third-order valence-electron chi connectivity index (χ3n) is 3.46. The normalized spacial score (nSPS) is 23.8. The Bertz CT molecular complexity index is 381. The molecule has 1 heterocycles. The van der Waals surface area contributed by atoms with Crippen molar-refractivity contribution >= 4 is 15.7 Å². The van der Waals surface area contributed by atoms with Crippen LogP contribution >= 0.6 is 0 Å². The molecule has 0 spiro atoms. The smallest absolute Gasteiger partial charge is 0.226 e. The first kappa shape index (κ1) is 15.4. The zero-order valence-electron chi connectivity index (χ0n) is 11.3. The maximum absolute atomic E-state index is 12.2. The summed E-state index contributed by atoms with van der Waals surface area (Å²) in [7, 11) is -2.96. The second-order valence-corrected chi connectivity index (χ2v) is 7.31. The van der Waals surface area contributed by atoms with Crippen molar-refractivity contribution in [2.75, 3.05) is 24.6 Å². The first-order chi connectivity index (χ1) is 8.41. The molecule has 0 aromatic rings. The summed E-state index contributed by atoms with van der Waals surface area (Å²) >= 11 is 0. The van der Waals surface area contributed by atoms with Crippen LogP contribution < -0.4 is 5.73 Å². The van der Waals surface area contributed by atoms with Gasteiger partial charge in [0.15, 0.2) is 9.84 Å². The monoisotopic (exact) mass is 276 g/mol. The van der Waals surface area contributed by atoms with E-state index in [1.54, 1.807) is 11.8 Å². The maximum Gasteiger partial charge on any atom is 0.226 e. The lowest BCUT2D eigenvalue weighted by molar-refractivity contribution is -0.136. The molecule has 0 radical (unpaired) electrons. The van der Waals surface area contributed by atoms with Crippen molar-refractivity contribution in [2.24, 2.45) is 11.7 Å². The summed E-state index contributed by atoms with van der Waals surface area (Å²) < 4.78 is 23.0. The number of hydrogen-bond donors (Lipinski definition) is 1. The van der Waals surface area contributed by atoms with Crippen LogP contribution in [0.2, 0.25) is 0 Å². The van der Waals surface area contributed by atoms with Crippen LogP contribution in [0.15, 0.2) is 0 Å². The predicted octanol–water partition coefficient (Wildman–Crippen LogP) is 0.397. The van der Waals surface area contributed by atoms with E-state index in [1.165, 1.54) is 0 Å². The van der Waals surface area contributed by atoms with Gasteiger partial charge in [0.05, 0.1) is 11.5 Å². The Kier molecular flexibility index (Phi) is 5.59. The molecular weight excluding hydrogens is 252 g/mol. The largest absolute Gasteiger partial charge is 0.338 e. The minimum Gasteiger partial charge on any atom is -0.338 e. The molecule has 1 aliphatic rings. The molecule has 1 amide bonds. The van der Waals surface area contributed by atoms with Gasteiger partial charge in [0.2, 0.25) is 5.91 Å². The molecule has 18 heavy (non-hydrogen) atoms. The van der Waals surface area contributed by atoms with Crippen LogP contribution in [0.3, 0.4) is 0 Å². The second-order valence-electron chi connectivity index (χ2n) is 5.08. The fraction of sp³-hybridized carbons (Fsp3) is 0.917. The number of amides is 1. The van der Waals surface area contributed by atoms with Gasteiger partial charge in [0.25, 0.3) is 0 Å². The highest BCUT2D eigenvalue weighted by atomic mass is 32.2. The number of nitrogens with two attached hydrogens (primary N) is 1. The van der Waals surface area contributed by atoms with Gasteiger partial charge in [-0.3, -0.25) is 4.79 Å². The van der Waals surface area contributed by atoms with Gasteiger partial charge in [0.1, 0.15) is 0 Å². The Morgan fingerprint density at radius 2 is 2.17 bits per heavy atom. The molecule has 2 atom stereocenters. The predicted molar refractivity (Wildman–Crippen MR) is 71.9 cm³/mol. The average molecular weight is 276 g/mol. The van der Waals surface area contributed by atoms with Crippen LogP contribution in [0, 0.1) is 5.92 Å². The summed E-state index contributed by atoms with van der Waals surface area (Å²) in [6.07, 6.45) is 2.45. The van der Waals surface area contributed by atoms with Crippen LogP contribution in [-0.4, -0.2) is 49.9 Å². The Balaban J connectivity index is 2.75. The third kappa shape index (κ3) is 3.95. The van der Waals surface area contributed by atoms with E-state index >= 15 is 0 Å². The fourth-order valence-corrected chi connectivity index (χ4v) is 3.94. The van der Waals surface area contributed by atoms with Crippen LogP contribution in [0.1, 0.15) is 33.1 Å². The molecule has 1 saturated heterocycles. The van der Waals surface area contributed by atoms with E-state index in [4.69, 9.17) is 5.73 Å². The minimum atomic E-state index is -2.96. The quantitative estimate of drug-likeness (QED) is 0.761. The molecule has 1 rings (SSSR count). The number of unbranched alkanes of at least 4 members (excludes halogenated alkanes) is 1. The van der Waals surface area contributed by atoms with Gasteiger partial charge in [-0.15, -0.1) is 0 Å². The molecule has 6 heteroatoms. The Morgan fingerprint density at radius 1 is 1.50 bits per heavy atom. The van der Waals surface area contributed by atoms with E-state index in [0.29, 0.717) is 19.5 Å². The molecule has 2 N–H and O–H groups in total. The van der Waals surface area contributed by atoms with E-state index in [1.807, 2.05) is 0 Å². The van der Waals surface area contributed by atoms with Crippen molar-refractivity contribution < 1.29 is 13.2 Å². The molecule has 5 nitrogen and oxygen atoms in total. The molecule has 0 saturated carbocycles. The van der Waals surface area contributed by atoms with E-state index < -0.39 is 9.84 Å². The van der Waals surface area contributed by atoms with Crippen LogP contribution in [0.4, 0.5) is 0 Å². The van der Waals surface area contributed by atoms with E-state index in [-0.39, 0.29) is 29.4 Å². The molecule has 0 aromatic heterocycles. The van der Waals surface area contributed by atoms with Crippen molar-refractivity contribution in [2.45, 2.75) is 39.2 Å². The lowest BCUT2D eigenvalue weighted by Crippen LogP contribution is -2.45. The fourth-order valence-electron chi connectivity index (χ4n) is 2.21. The van der Waals surface area contributed by atoms with Crippen molar-refractivity contribution in [3.63, 3.8) is 0 Å². The molecule has 1 fully saturated rings. The average Bonchev–Trinajstić information content (AvgIpc) is 2.68. The van der Waals surface area contributed by atoms with Gasteiger partial charge in [0, 0.05) is 25.0 Å². The first-order valence-corrected chi connectivity index (χ1v) is 8.44. The maximum atomic E-state index is 12.2. The Labute approximate surface area is 110 Å². The lowest BCUT2D eigenvalue weighted by atomic mass is 10.1. The van der Waals surface area contributed by atoms with E-state index in [9.17, 15) is 13.2 Å². The summed E-state index contributed by atoms with van der Waals surface area (Å²) in [5.74, 6) is 0.0721. The summed E-state index contributed by atoms with van der Waals surface area (Å²) in [6.45, 7) is 4.80. The second kappa shape index (κ2) is 6.52. The van der Waals surface area contributed by atoms with E-state index in [2.05, 4.69) is 6.92 Å². The Hall–Kier alpha value is -0.620. The van der Waals surface area contributed by atoms with Crippen LogP contribution in [-0.2, 0) is 14.6 Å². The van der Waals surface area contributed by atoms with Crippen molar-refractivity contribution in [1.82, 2.24) is 4.90 Å². The molecule has 106 valence electrons. The van der Waals surface area contributed by atoms with Crippen molar-refractivity contribution in [3.8, 4) is 0 Å². The van der Waals surface area contributed by atoms with Crippen LogP contribution in [0.25, 0.3) is 0 Å². The van der Waals surface area contributed by atoms with Crippen LogP contribution in [0.5, 0.6) is 0 Å². The summed E-state index contributed by atoms with van der Waals surface area (Å²) in [6, 6.07) is -0.150. The molecule has 1 aliphatic heterocycles. The van der Waals surface area contributed by atoms with Gasteiger partial charge in [-0.05, 0) is 12.8 Å². The highest BCUT2D eigenvalue weighted by Gasteiger charge is 2.35. The molecular formula is C12H24N2O3S. The summed E-state index contributed by atoms with van der Waals surface area (Å²) in [4.78, 5) is 14.0. The molecule has 0 bridgehead atoms. The van der Waals surface area contributed by atoms with Gasteiger partial charge < -0.3 is 10.6 Å². The topological polar surface area (TPSA) is 80.5 Å². The standard InChI is InChI=1S/C12H24N2O3S/c1-3-4-6-14(12(15)10(2)8-13)11-5-7-18(16,17)9-11/h10-11H,3-9,13H2,1-2H3. The number of rotatable bonds is 6. The molecule has 0 aliphatic carbocycles. The zero-order chi connectivity index (χ0) is 13.8.